The first-order valence-corrected chi connectivity index (χ1v) is 6.17. The number of carboxylic acid groups (broad SMARTS) is 1. The lowest BCUT2D eigenvalue weighted by molar-refractivity contribution is -0.129. The molecule has 1 N–H and O–H groups in total. The maximum absolute atomic E-state index is 11.2. The summed E-state index contributed by atoms with van der Waals surface area (Å²) in [5.41, 5.74) is 1.28. The van der Waals surface area contributed by atoms with Gasteiger partial charge in [0.1, 0.15) is 0 Å². The van der Waals surface area contributed by atoms with Gasteiger partial charge >= 0.3 is 5.97 Å². The topological polar surface area (TPSA) is 57.6 Å². The highest BCUT2D eigenvalue weighted by atomic mass is 16.4. The van der Waals surface area contributed by atoms with E-state index in [2.05, 4.69) is 0 Å². The molecule has 1 amide bonds. The second kappa shape index (κ2) is 5.21. The normalized spacial score (nSPS) is 16.6. The van der Waals surface area contributed by atoms with E-state index in [0.717, 1.165) is 18.4 Å². The van der Waals surface area contributed by atoms with Gasteiger partial charge in [0.15, 0.2) is 0 Å². The van der Waals surface area contributed by atoms with Crippen molar-refractivity contribution in [3.05, 3.63) is 35.4 Å². The smallest absolute Gasteiger partial charge is 0.335 e. The van der Waals surface area contributed by atoms with Gasteiger partial charge in [0.25, 0.3) is 0 Å². The fraction of sp³-hybridized carbons (Fsp3) is 0.429. The number of rotatable bonds is 2. The summed E-state index contributed by atoms with van der Waals surface area (Å²) in [7, 11) is 0. The van der Waals surface area contributed by atoms with Crippen LogP contribution in [0.25, 0.3) is 0 Å². The van der Waals surface area contributed by atoms with Crippen LogP contribution in [-0.2, 0) is 4.79 Å². The average molecular weight is 247 g/mol. The first-order valence-electron chi connectivity index (χ1n) is 6.17. The molecule has 4 heteroatoms. The predicted molar refractivity (Wildman–Crippen MR) is 67.6 cm³/mol. The highest BCUT2D eigenvalue weighted by molar-refractivity contribution is 5.89. The van der Waals surface area contributed by atoms with Gasteiger partial charge in [-0.1, -0.05) is 18.2 Å². The SMILES string of the molecule is CC(=O)N1CCC(c2ccccc2C(=O)O)CC1. The molecule has 0 aromatic heterocycles. The van der Waals surface area contributed by atoms with Gasteiger partial charge < -0.3 is 10.0 Å². The molecule has 0 spiro atoms. The molecule has 1 aromatic carbocycles. The van der Waals surface area contributed by atoms with Crippen LogP contribution in [0.15, 0.2) is 24.3 Å². The number of carboxylic acids is 1. The van der Waals surface area contributed by atoms with E-state index in [0.29, 0.717) is 18.7 Å². The second-order valence-electron chi connectivity index (χ2n) is 4.67. The maximum Gasteiger partial charge on any atom is 0.335 e. The first-order chi connectivity index (χ1) is 8.59. The monoisotopic (exact) mass is 247 g/mol. The molecule has 1 aliphatic heterocycles. The molecule has 1 heterocycles. The fourth-order valence-electron chi connectivity index (χ4n) is 2.55. The number of carbonyl (C=O) groups is 2. The molecule has 1 aliphatic rings. The van der Waals surface area contributed by atoms with Gasteiger partial charge in [-0.15, -0.1) is 0 Å². The van der Waals surface area contributed by atoms with E-state index in [9.17, 15) is 14.7 Å². The largest absolute Gasteiger partial charge is 0.478 e. The molecule has 0 bridgehead atoms. The summed E-state index contributed by atoms with van der Waals surface area (Å²) < 4.78 is 0. The van der Waals surface area contributed by atoms with E-state index in [1.807, 2.05) is 17.0 Å². The van der Waals surface area contributed by atoms with E-state index in [4.69, 9.17) is 0 Å². The highest BCUT2D eigenvalue weighted by Gasteiger charge is 2.24. The molecule has 0 radical (unpaired) electrons. The summed E-state index contributed by atoms with van der Waals surface area (Å²) in [4.78, 5) is 24.2. The lowest BCUT2D eigenvalue weighted by atomic mass is 9.86. The fourth-order valence-corrected chi connectivity index (χ4v) is 2.55. The third-order valence-corrected chi connectivity index (χ3v) is 3.57. The van der Waals surface area contributed by atoms with Crippen LogP contribution in [0.3, 0.4) is 0 Å². The van der Waals surface area contributed by atoms with E-state index < -0.39 is 5.97 Å². The van der Waals surface area contributed by atoms with Gasteiger partial charge in [-0.3, -0.25) is 4.79 Å². The van der Waals surface area contributed by atoms with Gasteiger partial charge in [0.2, 0.25) is 5.91 Å². The standard InChI is InChI=1S/C14H17NO3/c1-10(16)15-8-6-11(7-9-15)12-4-2-3-5-13(12)14(17)18/h2-5,11H,6-9H2,1H3,(H,17,18). The molecular weight excluding hydrogens is 230 g/mol. The van der Waals surface area contributed by atoms with Gasteiger partial charge in [-0.2, -0.15) is 0 Å². The van der Waals surface area contributed by atoms with E-state index in [1.165, 1.54) is 0 Å². The number of nitrogens with zero attached hydrogens (tertiary/aromatic N) is 1. The van der Waals surface area contributed by atoms with Crippen LogP contribution in [0.2, 0.25) is 0 Å². The lowest BCUT2D eigenvalue weighted by Gasteiger charge is -2.32. The Hall–Kier alpha value is -1.84. The van der Waals surface area contributed by atoms with E-state index in [-0.39, 0.29) is 11.8 Å². The minimum atomic E-state index is -0.875. The van der Waals surface area contributed by atoms with Crippen molar-refractivity contribution in [3.63, 3.8) is 0 Å². The first kappa shape index (κ1) is 12.6. The number of likely N-dealkylation sites (tertiary alicyclic amines) is 1. The zero-order chi connectivity index (χ0) is 13.1. The molecular formula is C14H17NO3. The molecule has 0 saturated carbocycles. The Balaban J connectivity index is 2.15. The van der Waals surface area contributed by atoms with Crippen LogP contribution in [0.5, 0.6) is 0 Å². The number of benzene rings is 1. The zero-order valence-corrected chi connectivity index (χ0v) is 10.4. The molecule has 1 fully saturated rings. The van der Waals surface area contributed by atoms with Crippen molar-refractivity contribution < 1.29 is 14.7 Å². The molecule has 0 atom stereocenters. The van der Waals surface area contributed by atoms with Crippen LogP contribution in [0, 0.1) is 0 Å². The van der Waals surface area contributed by atoms with Crippen molar-refractivity contribution in [2.75, 3.05) is 13.1 Å². The minimum absolute atomic E-state index is 0.0972. The van der Waals surface area contributed by atoms with Crippen molar-refractivity contribution in [1.29, 1.82) is 0 Å². The number of hydrogen-bond donors (Lipinski definition) is 1. The van der Waals surface area contributed by atoms with Crippen molar-refractivity contribution in [1.82, 2.24) is 4.90 Å². The molecule has 2 rings (SSSR count). The molecule has 1 aromatic rings. The Kier molecular flexibility index (Phi) is 3.65. The molecule has 0 aliphatic carbocycles. The Labute approximate surface area is 106 Å². The Morgan fingerprint density at radius 3 is 2.39 bits per heavy atom. The molecule has 96 valence electrons. The zero-order valence-electron chi connectivity index (χ0n) is 10.4. The van der Waals surface area contributed by atoms with Gasteiger partial charge in [-0.05, 0) is 30.4 Å². The van der Waals surface area contributed by atoms with Crippen molar-refractivity contribution >= 4 is 11.9 Å². The van der Waals surface area contributed by atoms with E-state index in [1.54, 1.807) is 19.1 Å². The Bertz CT molecular complexity index is 462. The number of piperidine rings is 1. The summed E-state index contributed by atoms with van der Waals surface area (Å²) in [6.07, 6.45) is 1.67. The second-order valence-corrected chi connectivity index (χ2v) is 4.67. The minimum Gasteiger partial charge on any atom is -0.478 e. The van der Waals surface area contributed by atoms with Gasteiger partial charge in [-0.25, -0.2) is 4.79 Å². The van der Waals surface area contributed by atoms with Crippen LogP contribution >= 0.6 is 0 Å². The third kappa shape index (κ3) is 2.53. The van der Waals surface area contributed by atoms with Gasteiger partial charge in [0.05, 0.1) is 5.56 Å². The summed E-state index contributed by atoms with van der Waals surface area (Å²) in [6.45, 7) is 3.01. The average Bonchev–Trinajstić information content (AvgIpc) is 2.39. The third-order valence-electron chi connectivity index (χ3n) is 3.57. The summed E-state index contributed by atoms with van der Waals surface area (Å²) in [6, 6.07) is 7.16. The molecule has 4 nitrogen and oxygen atoms in total. The van der Waals surface area contributed by atoms with Crippen LogP contribution < -0.4 is 0 Å². The van der Waals surface area contributed by atoms with Crippen LogP contribution in [0.1, 0.15) is 41.6 Å². The molecule has 1 saturated heterocycles. The summed E-state index contributed by atoms with van der Waals surface area (Å²) in [5.74, 6) is -0.535. The van der Waals surface area contributed by atoms with Crippen molar-refractivity contribution in [3.8, 4) is 0 Å². The van der Waals surface area contributed by atoms with Crippen molar-refractivity contribution in [2.24, 2.45) is 0 Å². The maximum atomic E-state index is 11.2. The number of amides is 1. The Morgan fingerprint density at radius 1 is 1.22 bits per heavy atom. The van der Waals surface area contributed by atoms with Crippen LogP contribution in [-0.4, -0.2) is 35.0 Å². The molecule has 18 heavy (non-hydrogen) atoms. The summed E-state index contributed by atoms with van der Waals surface area (Å²) in [5, 5.41) is 9.17. The quantitative estimate of drug-likeness (QED) is 0.870. The predicted octanol–water partition coefficient (Wildman–Crippen LogP) is 2.11. The van der Waals surface area contributed by atoms with E-state index >= 15 is 0 Å². The molecule has 0 unspecified atom stereocenters. The van der Waals surface area contributed by atoms with Crippen molar-refractivity contribution in [2.45, 2.75) is 25.7 Å². The van der Waals surface area contributed by atoms with Crippen LogP contribution in [0.4, 0.5) is 0 Å². The van der Waals surface area contributed by atoms with Gasteiger partial charge in [0, 0.05) is 20.0 Å². The lowest BCUT2D eigenvalue weighted by Crippen LogP contribution is -2.36. The highest BCUT2D eigenvalue weighted by Crippen LogP contribution is 2.30. The summed E-state index contributed by atoms with van der Waals surface area (Å²) >= 11 is 0. The number of hydrogen-bond acceptors (Lipinski definition) is 2. The Morgan fingerprint density at radius 2 is 1.83 bits per heavy atom. The number of aromatic carboxylic acids is 1. The number of carbonyl (C=O) groups excluding carboxylic acids is 1.